The van der Waals surface area contributed by atoms with Crippen LogP contribution >= 0.6 is 0 Å². The van der Waals surface area contributed by atoms with Crippen molar-refractivity contribution < 1.29 is 8.42 Å². The van der Waals surface area contributed by atoms with E-state index in [0.717, 1.165) is 0 Å². The van der Waals surface area contributed by atoms with Crippen molar-refractivity contribution in [3.05, 3.63) is 0 Å². The molecule has 0 atom stereocenters. The van der Waals surface area contributed by atoms with Gasteiger partial charge in [0.05, 0.1) is 12.3 Å². The molecule has 0 fully saturated rings. The Balaban J connectivity index is 3.24. The first-order chi connectivity index (χ1) is 5.06. The molecular formula is C6H12N2O2S. The molecular weight excluding hydrogens is 164 g/mol. The lowest BCUT2D eigenvalue weighted by atomic mass is 10.5. The second-order valence-corrected chi connectivity index (χ2v) is 3.84. The molecule has 3 N–H and O–H groups in total. The third-order valence-corrected chi connectivity index (χ3v) is 1.87. The summed E-state index contributed by atoms with van der Waals surface area (Å²) in [5.41, 5.74) is 0. The van der Waals surface area contributed by atoms with Crippen LogP contribution in [0.4, 0.5) is 0 Å². The summed E-state index contributed by atoms with van der Waals surface area (Å²) in [6.07, 6.45) is 5.44. The fourth-order valence-electron chi connectivity index (χ4n) is 0.559. The third-order valence-electron chi connectivity index (χ3n) is 1.01. The van der Waals surface area contributed by atoms with Crippen LogP contribution in [0.25, 0.3) is 0 Å². The highest BCUT2D eigenvalue weighted by molar-refractivity contribution is 7.89. The van der Waals surface area contributed by atoms with Crippen LogP contribution in [0.3, 0.4) is 0 Å². The van der Waals surface area contributed by atoms with Gasteiger partial charge in [-0.25, -0.2) is 13.6 Å². The molecule has 0 saturated heterocycles. The first-order valence-electron chi connectivity index (χ1n) is 3.21. The van der Waals surface area contributed by atoms with Gasteiger partial charge in [-0.1, -0.05) is 5.92 Å². The standard InChI is InChI=1S/C6H12N2O2S/c1-2-4-8-5-3-6-11(7,9)10/h1,8H,3-6H2,(H2,7,9,10). The summed E-state index contributed by atoms with van der Waals surface area (Å²) in [6, 6.07) is 0. The van der Waals surface area contributed by atoms with Crippen LogP contribution in [0.15, 0.2) is 0 Å². The minimum Gasteiger partial charge on any atom is -0.306 e. The fourth-order valence-corrected chi connectivity index (χ4v) is 1.11. The molecule has 64 valence electrons. The summed E-state index contributed by atoms with van der Waals surface area (Å²) in [7, 11) is -3.30. The van der Waals surface area contributed by atoms with Crippen molar-refractivity contribution in [2.45, 2.75) is 6.42 Å². The average molecular weight is 176 g/mol. The van der Waals surface area contributed by atoms with Crippen LogP contribution in [0.1, 0.15) is 6.42 Å². The van der Waals surface area contributed by atoms with Gasteiger partial charge in [-0.3, -0.25) is 0 Å². The van der Waals surface area contributed by atoms with Crippen LogP contribution in [-0.2, 0) is 10.0 Å². The Hall–Kier alpha value is -0.570. The number of primary sulfonamides is 1. The van der Waals surface area contributed by atoms with E-state index in [4.69, 9.17) is 11.6 Å². The molecule has 11 heavy (non-hydrogen) atoms. The number of sulfonamides is 1. The molecule has 0 aromatic rings. The molecule has 0 saturated carbocycles. The molecule has 0 aromatic heterocycles. The van der Waals surface area contributed by atoms with E-state index in [1.165, 1.54) is 0 Å². The Labute approximate surface area is 67.2 Å². The maximum atomic E-state index is 10.4. The van der Waals surface area contributed by atoms with E-state index in [1.807, 2.05) is 0 Å². The number of hydrogen-bond donors (Lipinski definition) is 2. The van der Waals surface area contributed by atoms with Crippen molar-refractivity contribution in [1.29, 1.82) is 0 Å². The predicted octanol–water partition coefficient (Wildman–Crippen LogP) is -1.11. The molecule has 0 radical (unpaired) electrons. The first kappa shape index (κ1) is 10.4. The maximum Gasteiger partial charge on any atom is 0.209 e. The Morgan fingerprint density at radius 2 is 2.18 bits per heavy atom. The zero-order valence-electron chi connectivity index (χ0n) is 6.21. The smallest absolute Gasteiger partial charge is 0.209 e. The average Bonchev–Trinajstić information content (AvgIpc) is 1.85. The zero-order chi connectivity index (χ0) is 8.74. The van der Waals surface area contributed by atoms with E-state index in [0.29, 0.717) is 19.5 Å². The number of rotatable bonds is 5. The fraction of sp³-hybridized carbons (Fsp3) is 0.667. The second kappa shape index (κ2) is 5.13. The molecule has 0 aromatic carbocycles. The van der Waals surface area contributed by atoms with Gasteiger partial charge in [0.2, 0.25) is 10.0 Å². The second-order valence-electron chi connectivity index (χ2n) is 2.10. The van der Waals surface area contributed by atoms with E-state index < -0.39 is 10.0 Å². The largest absolute Gasteiger partial charge is 0.306 e. The van der Waals surface area contributed by atoms with Gasteiger partial charge < -0.3 is 5.32 Å². The van der Waals surface area contributed by atoms with Gasteiger partial charge in [0.15, 0.2) is 0 Å². The highest BCUT2D eigenvalue weighted by Gasteiger charge is 1.99. The SMILES string of the molecule is C#CCNCCCS(N)(=O)=O. The molecule has 0 aliphatic carbocycles. The maximum absolute atomic E-state index is 10.4. The Morgan fingerprint density at radius 1 is 1.55 bits per heavy atom. The molecule has 0 rings (SSSR count). The third kappa shape index (κ3) is 9.43. The van der Waals surface area contributed by atoms with Gasteiger partial charge >= 0.3 is 0 Å². The summed E-state index contributed by atoms with van der Waals surface area (Å²) >= 11 is 0. The summed E-state index contributed by atoms with van der Waals surface area (Å²) in [6.45, 7) is 1.05. The van der Waals surface area contributed by atoms with Crippen molar-refractivity contribution in [2.24, 2.45) is 5.14 Å². The van der Waals surface area contributed by atoms with Crippen LogP contribution in [0.2, 0.25) is 0 Å². The lowest BCUT2D eigenvalue weighted by molar-refractivity contribution is 0.592. The highest BCUT2D eigenvalue weighted by Crippen LogP contribution is 1.82. The predicted molar refractivity (Wildman–Crippen MR) is 44.3 cm³/mol. The summed E-state index contributed by atoms with van der Waals surface area (Å²) < 4.78 is 20.7. The molecule has 0 aliphatic heterocycles. The van der Waals surface area contributed by atoms with Gasteiger partial charge in [0, 0.05) is 0 Å². The van der Waals surface area contributed by atoms with Crippen LogP contribution in [0.5, 0.6) is 0 Å². The molecule has 0 bridgehead atoms. The van der Waals surface area contributed by atoms with Crippen molar-refractivity contribution in [3.63, 3.8) is 0 Å². The Bertz CT molecular complexity index is 227. The molecule has 0 spiro atoms. The minimum atomic E-state index is -3.30. The highest BCUT2D eigenvalue weighted by atomic mass is 32.2. The van der Waals surface area contributed by atoms with Crippen LogP contribution < -0.4 is 10.5 Å². The normalized spacial score (nSPS) is 10.9. The lowest BCUT2D eigenvalue weighted by Crippen LogP contribution is -2.22. The summed E-state index contributed by atoms with van der Waals surface area (Å²) in [5.74, 6) is 2.38. The molecule has 0 aliphatic rings. The molecule has 0 unspecified atom stereocenters. The molecule has 0 amide bonds. The van der Waals surface area contributed by atoms with Gasteiger partial charge in [-0.05, 0) is 13.0 Å². The van der Waals surface area contributed by atoms with E-state index in [9.17, 15) is 8.42 Å². The number of nitrogens with two attached hydrogens (primary N) is 1. The monoisotopic (exact) mass is 176 g/mol. The zero-order valence-corrected chi connectivity index (χ0v) is 7.02. The molecule has 0 heterocycles. The van der Waals surface area contributed by atoms with E-state index in [1.54, 1.807) is 0 Å². The van der Waals surface area contributed by atoms with Gasteiger partial charge in [0.25, 0.3) is 0 Å². The topological polar surface area (TPSA) is 72.2 Å². The molecule has 5 heteroatoms. The van der Waals surface area contributed by atoms with Gasteiger partial charge in [-0.15, -0.1) is 6.42 Å². The number of hydrogen-bond acceptors (Lipinski definition) is 3. The minimum absolute atomic E-state index is 0.00454. The first-order valence-corrected chi connectivity index (χ1v) is 4.92. The number of nitrogens with one attached hydrogen (secondary N) is 1. The van der Waals surface area contributed by atoms with Crippen molar-refractivity contribution in [3.8, 4) is 12.3 Å². The summed E-state index contributed by atoms with van der Waals surface area (Å²) in [4.78, 5) is 0. The quantitative estimate of drug-likeness (QED) is 0.412. The Morgan fingerprint density at radius 3 is 2.64 bits per heavy atom. The van der Waals surface area contributed by atoms with Crippen LogP contribution in [-0.4, -0.2) is 27.3 Å². The van der Waals surface area contributed by atoms with E-state index >= 15 is 0 Å². The van der Waals surface area contributed by atoms with E-state index in [-0.39, 0.29) is 5.75 Å². The Kier molecular flexibility index (Phi) is 4.86. The van der Waals surface area contributed by atoms with Crippen molar-refractivity contribution in [2.75, 3.05) is 18.8 Å². The van der Waals surface area contributed by atoms with Crippen molar-refractivity contribution in [1.82, 2.24) is 5.32 Å². The number of terminal acetylenes is 1. The van der Waals surface area contributed by atoms with Crippen LogP contribution in [0, 0.1) is 12.3 Å². The lowest BCUT2D eigenvalue weighted by Gasteiger charge is -1.98. The van der Waals surface area contributed by atoms with Crippen molar-refractivity contribution >= 4 is 10.0 Å². The van der Waals surface area contributed by atoms with Gasteiger partial charge in [0.1, 0.15) is 0 Å². The van der Waals surface area contributed by atoms with E-state index in [2.05, 4.69) is 11.2 Å². The molecule has 4 nitrogen and oxygen atoms in total. The summed E-state index contributed by atoms with van der Waals surface area (Å²) in [5, 5.41) is 7.61. The van der Waals surface area contributed by atoms with Gasteiger partial charge in [-0.2, -0.15) is 0 Å².